The quantitative estimate of drug-likeness (QED) is 0.669. The molecule has 27 heavy (non-hydrogen) atoms. The number of hydrogen-bond donors (Lipinski definition) is 2. The van der Waals surface area contributed by atoms with Gasteiger partial charge in [-0.15, -0.1) is 0 Å². The Balaban J connectivity index is 2.26. The summed E-state index contributed by atoms with van der Waals surface area (Å²) in [4.78, 5) is 17.6. The molecule has 0 saturated carbocycles. The van der Waals surface area contributed by atoms with Crippen molar-refractivity contribution in [1.29, 1.82) is 0 Å². The molecule has 0 spiro atoms. The zero-order valence-corrected chi connectivity index (χ0v) is 16.6. The van der Waals surface area contributed by atoms with E-state index < -0.39 is 28.7 Å². The summed E-state index contributed by atoms with van der Waals surface area (Å²) in [5.74, 6) is -0.0182. The highest BCUT2D eigenvalue weighted by atomic mass is 32.2. The standard InChI is InChI=1S/C18H21F2O5PS/c1-3-27(24,25)12-15-5-4-13(2)16(11-15)10-14-6-8-17(9-7-14)18(19,20)26(21,22)23/h4-9,11H,3,10,12H2,1-2H3,(H2,21,22,23). The lowest BCUT2D eigenvalue weighted by Gasteiger charge is -2.18. The molecule has 9 heteroatoms. The van der Waals surface area contributed by atoms with Gasteiger partial charge < -0.3 is 9.79 Å². The fraction of sp³-hybridized carbons (Fsp3) is 0.333. The molecule has 0 aliphatic heterocycles. The van der Waals surface area contributed by atoms with Gasteiger partial charge >= 0.3 is 13.3 Å². The highest BCUT2D eigenvalue weighted by Crippen LogP contribution is 2.59. The predicted molar refractivity (Wildman–Crippen MR) is 99.5 cm³/mol. The van der Waals surface area contributed by atoms with Gasteiger partial charge in [0.15, 0.2) is 9.84 Å². The molecule has 2 aromatic rings. The summed E-state index contributed by atoms with van der Waals surface area (Å²) in [5, 5.41) is 0. The van der Waals surface area contributed by atoms with Crippen LogP contribution in [0.25, 0.3) is 0 Å². The molecule has 148 valence electrons. The van der Waals surface area contributed by atoms with E-state index in [0.29, 0.717) is 17.5 Å². The maximum absolute atomic E-state index is 13.7. The van der Waals surface area contributed by atoms with Crippen molar-refractivity contribution in [2.45, 2.75) is 31.7 Å². The molecule has 0 aromatic heterocycles. The molecule has 0 saturated heterocycles. The van der Waals surface area contributed by atoms with Crippen LogP contribution in [0, 0.1) is 6.92 Å². The lowest BCUT2D eigenvalue weighted by molar-refractivity contribution is 0.0564. The molecule has 0 unspecified atom stereocenters. The summed E-state index contributed by atoms with van der Waals surface area (Å²) in [5.41, 5.74) is -1.89. The first-order valence-corrected chi connectivity index (χ1v) is 11.6. The molecule has 0 atom stereocenters. The molecular formula is C18H21F2O5PS. The van der Waals surface area contributed by atoms with Gasteiger partial charge in [-0.2, -0.15) is 8.78 Å². The molecule has 0 aliphatic rings. The highest BCUT2D eigenvalue weighted by molar-refractivity contribution is 7.90. The van der Waals surface area contributed by atoms with Crippen LogP contribution in [0.15, 0.2) is 42.5 Å². The fourth-order valence-electron chi connectivity index (χ4n) is 2.57. The first-order valence-electron chi connectivity index (χ1n) is 8.17. The maximum atomic E-state index is 13.7. The van der Waals surface area contributed by atoms with Crippen molar-refractivity contribution in [2.24, 2.45) is 0 Å². The molecule has 0 amide bonds. The monoisotopic (exact) mass is 418 g/mol. The van der Waals surface area contributed by atoms with E-state index in [9.17, 15) is 21.8 Å². The zero-order valence-electron chi connectivity index (χ0n) is 14.9. The van der Waals surface area contributed by atoms with Gasteiger partial charge in [0.25, 0.3) is 0 Å². The second kappa shape index (κ2) is 7.80. The third kappa shape index (κ3) is 5.23. The van der Waals surface area contributed by atoms with Gasteiger partial charge in [-0.3, -0.25) is 4.57 Å². The van der Waals surface area contributed by atoms with Crippen LogP contribution in [0.4, 0.5) is 8.78 Å². The Morgan fingerprint density at radius 2 is 1.59 bits per heavy atom. The normalized spacial score (nSPS) is 13.0. The molecule has 2 rings (SSSR count). The van der Waals surface area contributed by atoms with Gasteiger partial charge in [0.05, 0.1) is 5.75 Å². The van der Waals surface area contributed by atoms with Gasteiger partial charge in [0.1, 0.15) is 0 Å². The predicted octanol–water partition coefficient (Wildman–Crippen LogP) is 3.75. The van der Waals surface area contributed by atoms with Crippen molar-refractivity contribution in [3.05, 3.63) is 70.3 Å². The maximum Gasteiger partial charge on any atom is 0.399 e. The Morgan fingerprint density at radius 3 is 2.11 bits per heavy atom. The number of alkyl halides is 2. The summed E-state index contributed by atoms with van der Waals surface area (Å²) in [6.07, 6.45) is 0.383. The van der Waals surface area contributed by atoms with Crippen LogP contribution >= 0.6 is 7.60 Å². The summed E-state index contributed by atoms with van der Waals surface area (Å²) < 4.78 is 62.0. The summed E-state index contributed by atoms with van der Waals surface area (Å²) in [6, 6.07) is 10.1. The molecule has 0 fully saturated rings. The molecular weight excluding hydrogens is 397 g/mol. The Hall–Kier alpha value is -1.60. The van der Waals surface area contributed by atoms with Gasteiger partial charge in [-0.05, 0) is 35.6 Å². The molecule has 2 N–H and O–H groups in total. The van der Waals surface area contributed by atoms with E-state index in [4.69, 9.17) is 9.79 Å². The Labute approximate surface area is 157 Å². The zero-order chi connectivity index (χ0) is 20.5. The fourth-order valence-corrected chi connectivity index (χ4v) is 3.95. The van der Waals surface area contributed by atoms with E-state index in [1.54, 1.807) is 19.1 Å². The van der Waals surface area contributed by atoms with Crippen LogP contribution in [0.5, 0.6) is 0 Å². The SMILES string of the molecule is CCS(=O)(=O)Cc1ccc(C)c(Cc2ccc(C(F)(F)P(=O)(O)O)cc2)c1. The first kappa shape index (κ1) is 21.7. The van der Waals surface area contributed by atoms with Gasteiger partial charge in [-0.1, -0.05) is 49.4 Å². The van der Waals surface area contributed by atoms with Crippen molar-refractivity contribution in [3.63, 3.8) is 0 Å². The smallest absolute Gasteiger partial charge is 0.320 e. The minimum absolute atomic E-state index is 0.0471. The molecule has 2 aromatic carbocycles. The Morgan fingerprint density at radius 1 is 1.04 bits per heavy atom. The van der Waals surface area contributed by atoms with E-state index in [0.717, 1.165) is 23.3 Å². The van der Waals surface area contributed by atoms with Crippen LogP contribution in [-0.4, -0.2) is 24.0 Å². The molecule has 0 bridgehead atoms. The topological polar surface area (TPSA) is 91.7 Å². The average molecular weight is 418 g/mol. The molecule has 0 heterocycles. The minimum Gasteiger partial charge on any atom is -0.320 e. The van der Waals surface area contributed by atoms with E-state index in [2.05, 4.69) is 0 Å². The number of halogens is 2. The number of rotatable bonds is 7. The highest BCUT2D eigenvalue weighted by Gasteiger charge is 2.50. The van der Waals surface area contributed by atoms with Crippen LogP contribution in [-0.2, 0) is 32.2 Å². The van der Waals surface area contributed by atoms with E-state index in [1.807, 2.05) is 13.0 Å². The lowest BCUT2D eigenvalue weighted by atomic mass is 9.98. The van der Waals surface area contributed by atoms with Crippen LogP contribution in [0.3, 0.4) is 0 Å². The van der Waals surface area contributed by atoms with E-state index in [-0.39, 0.29) is 11.5 Å². The van der Waals surface area contributed by atoms with Crippen LogP contribution in [0.1, 0.15) is 34.7 Å². The Kier molecular flexibility index (Phi) is 6.26. The largest absolute Gasteiger partial charge is 0.399 e. The first-order chi connectivity index (χ1) is 12.4. The summed E-state index contributed by atoms with van der Waals surface area (Å²) >= 11 is 0. The second-order valence-corrected chi connectivity index (χ2v) is 10.4. The van der Waals surface area contributed by atoms with Crippen molar-refractivity contribution in [1.82, 2.24) is 0 Å². The van der Waals surface area contributed by atoms with Gasteiger partial charge in [-0.25, -0.2) is 8.42 Å². The molecule has 0 radical (unpaired) electrons. The van der Waals surface area contributed by atoms with E-state index in [1.165, 1.54) is 12.1 Å². The summed E-state index contributed by atoms with van der Waals surface area (Å²) in [7, 11) is -8.77. The molecule has 0 aliphatic carbocycles. The van der Waals surface area contributed by atoms with Crippen molar-refractivity contribution in [2.75, 3.05) is 5.75 Å². The second-order valence-electron chi connectivity index (χ2n) is 6.40. The third-order valence-corrected chi connectivity index (χ3v) is 6.94. The van der Waals surface area contributed by atoms with Crippen molar-refractivity contribution >= 4 is 17.4 Å². The Bertz CT molecular complexity index is 966. The van der Waals surface area contributed by atoms with Crippen molar-refractivity contribution < 1.29 is 31.6 Å². The number of hydrogen-bond acceptors (Lipinski definition) is 3. The lowest BCUT2D eigenvalue weighted by Crippen LogP contribution is -2.13. The average Bonchev–Trinajstić information content (AvgIpc) is 2.57. The van der Waals surface area contributed by atoms with Gasteiger partial charge in [0.2, 0.25) is 0 Å². The minimum atomic E-state index is -5.60. The third-order valence-electron chi connectivity index (χ3n) is 4.30. The molecule has 5 nitrogen and oxygen atoms in total. The van der Waals surface area contributed by atoms with Crippen LogP contribution < -0.4 is 0 Å². The van der Waals surface area contributed by atoms with Crippen LogP contribution in [0.2, 0.25) is 0 Å². The summed E-state index contributed by atoms with van der Waals surface area (Å²) in [6.45, 7) is 3.45. The van der Waals surface area contributed by atoms with E-state index >= 15 is 0 Å². The number of aryl methyl sites for hydroxylation is 1. The number of benzene rings is 2. The number of sulfone groups is 1. The van der Waals surface area contributed by atoms with Crippen molar-refractivity contribution in [3.8, 4) is 0 Å². The van der Waals surface area contributed by atoms with Gasteiger partial charge in [0, 0.05) is 11.3 Å².